The number of urea groups is 1. The van der Waals surface area contributed by atoms with E-state index in [4.69, 9.17) is 40.2 Å². The summed E-state index contributed by atoms with van der Waals surface area (Å²) in [5.41, 5.74) is 7.12. The third-order valence-corrected chi connectivity index (χ3v) is 18.6. The van der Waals surface area contributed by atoms with Gasteiger partial charge in [0.15, 0.2) is 26.9 Å². The molecule has 0 fully saturated rings. The van der Waals surface area contributed by atoms with E-state index in [0.29, 0.717) is 92.2 Å². The summed E-state index contributed by atoms with van der Waals surface area (Å²) in [5.74, 6) is -0.983. The number of sulfone groups is 1. The van der Waals surface area contributed by atoms with Crippen LogP contribution in [0.5, 0.6) is 17.8 Å². The molecule has 3 aliphatic heterocycles. The second-order valence-corrected chi connectivity index (χ2v) is 27.8. The van der Waals surface area contributed by atoms with Crippen LogP contribution in [0.1, 0.15) is 115 Å². The van der Waals surface area contributed by atoms with Gasteiger partial charge in [-0.05, 0) is 108 Å². The molecule has 0 unspecified atom stereocenters. The van der Waals surface area contributed by atoms with Crippen molar-refractivity contribution in [2.24, 2.45) is 22.8 Å². The van der Waals surface area contributed by atoms with Gasteiger partial charge in [-0.1, -0.05) is 126 Å². The number of nitrogens with one attached hydrogen (secondary N) is 2. The largest absolute Gasteiger partial charge is 0.493 e. The summed E-state index contributed by atoms with van der Waals surface area (Å²) in [6.45, 7) is 19.2. The zero-order valence-corrected chi connectivity index (χ0v) is 59.2. The van der Waals surface area contributed by atoms with Crippen LogP contribution >= 0.6 is 11.6 Å². The number of aromatic nitrogens is 7. The lowest BCUT2D eigenvalue weighted by atomic mass is 9.82. The minimum Gasteiger partial charge on any atom is -0.493 e. The van der Waals surface area contributed by atoms with Gasteiger partial charge in [0.2, 0.25) is 17.7 Å². The minimum absolute atomic E-state index is 0.00882. The number of hydrogen-bond donors (Lipinski definition) is 3. The molecule has 0 aliphatic carbocycles. The van der Waals surface area contributed by atoms with Gasteiger partial charge in [0.1, 0.15) is 28.5 Å². The van der Waals surface area contributed by atoms with Crippen molar-refractivity contribution in [3.05, 3.63) is 187 Å². The number of ketones is 1. The van der Waals surface area contributed by atoms with Crippen molar-refractivity contribution in [1.82, 2.24) is 38.8 Å². The molecule has 0 radical (unpaired) electrons. The Labute approximate surface area is 578 Å². The summed E-state index contributed by atoms with van der Waals surface area (Å²) >= 11 is 5.81. The summed E-state index contributed by atoms with van der Waals surface area (Å²) in [7, 11) is -4.79. The monoisotopic (exact) mass is 1420 g/mol. The molecule has 5 aromatic carbocycles. The fourth-order valence-corrected chi connectivity index (χ4v) is 13.2. The topological polar surface area (TPSA) is 344 Å². The van der Waals surface area contributed by atoms with E-state index in [0.717, 1.165) is 46.9 Å². The SMILES string of the molecule is CCOC(=O)C1=NOC(c2ccccc2)(c2ccccc2)C1.CCc1cc(C)cc(CC)c1-c1c(OC(=O)C(C)(C)C)n2n(c1=O)CCOCC2.COc1nc(C)nc(NC(=O)NS(=O)(=O)c2ccccc2Cl)n1.Cc1c(C(=O)c2cnn(C)c2O)ccc(S(C)(=O)=O)c1C1=NOCC1. The Kier molecular flexibility index (Phi) is 24.2. The predicted octanol–water partition coefficient (Wildman–Crippen LogP) is 9.55. The number of anilines is 1. The molecule has 3 aromatic heterocycles. The van der Waals surface area contributed by atoms with Crippen molar-refractivity contribution in [2.75, 3.05) is 45.1 Å². The second kappa shape index (κ2) is 32.1. The molecule has 524 valence electrons. The predicted molar refractivity (Wildman–Crippen MR) is 369 cm³/mol. The highest BCUT2D eigenvalue weighted by molar-refractivity contribution is 7.91. The Hall–Kier alpha value is -10.1. The van der Waals surface area contributed by atoms with Crippen LogP contribution < -0.4 is 25.1 Å². The van der Waals surface area contributed by atoms with Gasteiger partial charge in [-0.3, -0.25) is 19.7 Å². The maximum absolute atomic E-state index is 13.5. The Morgan fingerprint density at radius 2 is 1.37 bits per heavy atom. The van der Waals surface area contributed by atoms with Gasteiger partial charge in [0.25, 0.3) is 15.6 Å². The van der Waals surface area contributed by atoms with Crippen LogP contribution in [0.25, 0.3) is 11.1 Å². The molecule has 27 nitrogen and oxygen atoms in total. The van der Waals surface area contributed by atoms with Crippen LogP contribution in [0.15, 0.2) is 140 Å². The highest BCUT2D eigenvalue weighted by Gasteiger charge is 2.45. The molecule has 2 amide bonds. The summed E-state index contributed by atoms with van der Waals surface area (Å²) < 4.78 is 76.3. The van der Waals surface area contributed by atoms with E-state index >= 15 is 0 Å². The Bertz CT molecular complexity index is 4620. The lowest BCUT2D eigenvalue weighted by Crippen LogP contribution is -2.35. The molecule has 0 bridgehead atoms. The lowest BCUT2D eigenvalue weighted by molar-refractivity contribution is -0.143. The first-order valence-corrected chi connectivity index (χ1v) is 35.2. The molecule has 0 saturated carbocycles. The average molecular weight is 1420 g/mol. The van der Waals surface area contributed by atoms with Crippen LogP contribution in [0.4, 0.5) is 10.7 Å². The number of oxime groups is 2. The number of aryl methyl sites for hydroxylation is 5. The molecular formula is C69H78ClN11O16S2. The van der Waals surface area contributed by atoms with E-state index in [2.05, 4.69) is 68.6 Å². The van der Waals surface area contributed by atoms with Crippen LogP contribution in [-0.4, -0.2) is 131 Å². The summed E-state index contributed by atoms with van der Waals surface area (Å²) in [6.07, 6.45) is 4.79. The lowest BCUT2D eigenvalue weighted by Gasteiger charge is -2.27. The number of rotatable bonds is 16. The summed E-state index contributed by atoms with van der Waals surface area (Å²) in [6, 6.07) is 31.4. The van der Waals surface area contributed by atoms with Crippen LogP contribution in [0.3, 0.4) is 0 Å². The summed E-state index contributed by atoms with van der Waals surface area (Å²) in [4.78, 5) is 85.0. The van der Waals surface area contributed by atoms with Gasteiger partial charge in [0.05, 0.1) is 73.7 Å². The molecule has 3 aliphatic rings. The van der Waals surface area contributed by atoms with Crippen molar-refractivity contribution in [2.45, 2.75) is 116 Å². The van der Waals surface area contributed by atoms with E-state index in [-0.39, 0.29) is 55.3 Å². The van der Waals surface area contributed by atoms with Crippen molar-refractivity contribution in [1.29, 1.82) is 0 Å². The smallest absolute Gasteiger partial charge is 0.356 e. The number of methoxy groups -OCH3 is 1. The first-order valence-electron chi connectivity index (χ1n) is 31.4. The third kappa shape index (κ3) is 17.4. The van der Waals surface area contributed by atoms with Crippen molar-refractivity contribution >= 4 is 72.6 Å². The Morgan fingerprint density at radius 3 is 1.92 bits per heavy atom. The van der Waals surface area contributed by atoms with Crippen LogP contribution in [-0.2, 0) is 87.2 Å². The van der Waals surface area contributed by atoms with Gasteiger partial charge in [-0.15, -0.1) is 0 Å². The van der Waals surface area contributed by atoms with Gasteiger partial charge in [-0.25, -0.2) is 45.2 Å². The third-order valence-electron chi connectivity index (χ3n) is 15.7. The number of sulfonamides is 1. The Balaban J connectivity index is 0.000000169. The molecule has 99 heavy (non-hydrogen) atoms. The number of ether oxygens (including phenoxy) is 4. The Morgan fingerprint density at radius 1 is 0.758 bits per heavy atom. The number of carbonyl (C=O) groups is 4. The number of nitrogens with zero attached hydrogens (tertiary/aromatic N) is 9. The van der Waals surface area contributed by atoms with Crippen molar-refractivity contribution in [3.63, 3.8) is 0 Å². The maximum atomic E-state index is 13.5. The molecule has 11 rings (SSSR count). The van der Waals surface area contributed by atoms with Crippen molar-refractivity contribution in [3.8, 4) is 28.9 Å². The first kappa shape index (κ1) is 74.7. The van der Waals surface area contributed by atoms with Gasteiger partial charge in [-0.2, -0.15) is 20.1 Å². The van der Waals surface area contributed by atoms with E-state index in [1.165, 1.54) is 60.9 Å². The number of carbonyl (C=O) groups excluding carboxylic acids is 4. The molecule has 0 atom stereocenters. The van der Waals surface area contributed by atoms with E-state index < -0.39 is 48.7 Å². The van der Waals surface area contributed by atoms with E-state index in [1.807, 2.05) is 86.2 Å². The molecule has 8 aromatic rings. The van der Waals surface area contributed by atoms with Crippen LogP contribution in [0, 0.1) is 26.2 Å². The molecule has 3 N–H and O–H groups in total. The normalized spacial score (nSPS) is 13.9. The summed E-state index contributed by atoms with van der Waals surface area (Å²) in [5, 5.41) is 23.9. The molecule has 0 saturated heterocycles. The van der Waals surface area contributed by atoms with Crippen molar-refractivity contribution < 1.29 is 69.7 Å². The highest BCUT2D eigenvalue weighted by Crippen LogP contribution is 2.42. The minimum atomic E-state index is -4.13. The van der Waals surface area contributed by atoms with Crippen LogP contribution in [0.2, 0.25) is 5.02 Å². The number of halogens is 1. The van der Waals surface area contributed by atoms with Gasteiger partial charge < -0.3 is 33.7 Å². The average Bonchev–Trinajstić information content (AvgIpc) is 1.60. The molecular weight excluding hydrogens is 1340 g/mol. The number of amides is 2. The highest BCUT2D eigenvalue weighted by atomic mass is 35.5. The fourth-order valence-electron chi connectivity index (χ4n) is 10.8. The number of benzene rings is 5. The number of fused-ring (bicyclic) bond motifs is 1. The number of esters is 2. The zero-order valence-electron chi connectivity index (χ0n) is 56.8. The first-order chi connectivity index (χ1) is 47.0. The molecule has 6 heterocycles. The van der Waals surface area contributed by atoms with E-state index in [1.54, 1.807) is 36.2 Å². The quantitative estimate of drug-likeness (QED) is 0.0598. The zero-order chi connectivity index (χ0) is 72.1. The standard InChI is InChI=1S/C23H32N2O4.C18H17NO3.C16H17N3O5S.C12H12ClN5O4S/c1-7-16-13-15(3)14-17(8-2)18(16)19-20(26)24-9-11-28-12-10-25(24)21(19)29-22(27)23(4,5)6;1-2-21-17(20)16-13-18(22-19-16,14-9-5-3-6-10-14)15-11-7-4-8-12-15;1-9-10(15(20)11-8-17-19(2)16(11)21)4-5-13(25(3,22)23)14(9)12-6-7-24-18-12;1-7-14-10(17-12(15-7)22-2)16-11(19)18-23(20,21)9-6-4-3-5-8(9)13/h13-14H,7-12H2,1-6H3;3-12H,2,13H2,1H3;4-5,8,21H,6-7H2,1-3H3;3-6H,1-2H3,(H2,14,15,16,17,18,19). The molecule has 30 heteroatoms. The van der Waals surface area contributed by atoms with Gasteiger partial charge in [0, 0.05) is 42.0 Å². The maximum Gasteiger partial charge on any atom is 0.356 e. The molecule has 0 spiro atoms. The van der Waals surface area contributed by atoms with E-state index in [9.17, 15) is 45.9 Å². The second-order valence-electron chi connectivity index (χ2n) is 23.8. The fraction of sp³-hybridized carbons (Fsp3) is 0.348. The number of hydrogen-bond acceptors (Lipinski definition) is 22. The van der Waals surface area contributed by atoms with Gasteiger partial charge >= 0.3 is 24.0 Å². The number of aromatic hydroxyl groups is 1.